The molecule has 0 aliphatic rings. The minimum Gasteiger partial charge on any atom is -0.497 e. The summed E-state index contributed by atoms with van der Waals surface area (Å²) in [6.45, 7) is 0. The molecule has 1 aromatic carbocycles. The van der Waals surface area contributed by atoms with Crippen molar-refractivity contribution in [3.8, 4) is 17.0 Å². The van der Waals surface area contributed by atoms with Crippen LogP contribution in [0.15, 0.2) is 29.8 Å². The number of alkyl halides is 1. The fraction of sp³-hybridized carbons (Fsp3) is 0.182. The van der Waals surface area contributed by atoms with E-state index in [1.165, 1.54) is 0 Å². The van der Waals surface area contributed by atoms with Crippen molar-refractivity contribution in [3.05, 3.63) is 34.7 Å². The number of hydrogen-bond donors (Lipinski definition) is 0. The van der Waals surface area contributed by atoms with E-state index in [1.807, 2.05) is 29.8 Å². The number of nitrogens with zero attached hydrogens (tertiary/aromatic N) is 1. The topological polar surface area (TPSA) is 22.1 Å². The van der Waals surface area contributed by atoms with Crippen molar-refractivity contribution in [3.63, 3.8) is 0 Å². The summed E-state index contributed by atoms with van der Waals surface area (Å²) in [5.41, 5.74) is 3.86. The molecule has 0 atom stereocenters. The van der Waals surface area contributed by atoms with E-state index in [9.17, 15) is 0 Å². The summed E-state index contributed by atoms with van der Waals surface area (Å²) in [7, 11) is 1.65. The number of halogens is 1. The Morgan fingerprint density at radius 1 is 1.33 bits per heavy atom. The van der Waals surface area contributed by atoms with E-state index in [1.54, 1.807) is 18.4 Å². The van der Waals surface area contributed by atoms with Crippen LogP contribution in [-0.4, -0.2) is 12.1 Å². The second-order valence-corrected chi connectivity index (χ2v) is 4.19. The molecule has 0 radical (unpaired) electrons. The van der Waals surface area contributed by atoms with E-state index < -0.39 is 0 Å². The normalized spacial score (nSPS) is 10.3. The SMILES string of the molecule is COc1ccc(-c2ncsc2CCl)cc1. The van der Waals surface area contributed by atoms with E-state index >= 15 is 0 Å². The lowest BCUT2D eigenvalue weighted by atomic mass is 10.1. The maximum atomic E-state index is 5.83. The van der Waals surface area contributed by atoms with Crippen molar-refractivity contribution in [2.24, 2.45) is 0 Å². The summed E-state index contributed by atoms with van der Waals surface area (Å²) >= 11 is 7.41. The molecule has 1 aromatic heterocycles. The van der Waals surface area contributed by atoms with E-state index in [0.29, 0.717) is 5.88 Å². The second-order valence-electron chi connectivity index (χ2n) is 2.99. The number of thiazole rings is 1. The molecule has 0 aliphatic carbocycles. The van der Waals surface area contributed by atoms with Gasteiger partial charge in [-0.3, -0.25) is 0 Å². The lowest BCUT2D eigenvalue weighted by Crippen LogP contribution is -1.84. The minimum absolute atomic E-state index is 0.506. The first-order chi connectivity index (χ1) is 7.35. The molecular weight excluding hydrogens is 230 g/mol. The number of benzene rings is 1. The summed E-state index contributed by atoms with van der Waals surface area (Å²) in [5, 5.41) is 0. The van der Waals surface area contributed by atoms with Gasteiger partial charge < -0.3 is 4.74 Å². The van der Waals surface area contributed by atoms with Gasteiger partial charge in [0.15, 0.2) is 0 Å². The van der Waals surface area contributed by atoms with Crippen molar-refractivity contribution < 1.29 is 4.74 Å². The Balaban J connectivity index is 2.37. The van der Waals surface area contributed by atoms with Gasteiger partial charge >= 0.3 is 0 Å². The summed E-state index contributed by atoms with van der Waals surface area (Å²) in [4.78, 5) is 5.40. The zero-order valence-electron chi connectivity index (χ0n) is 8.24. The highest BCUT2D eigenvalue weighted by Crippen LogP contribution is 2.27. The zero-order chi connectivity index (χ0) is 10.7. The molecule has 0 bridgehead atoms. The molecule has 78 valence electrons. The Morgan fingerprint density at radius 2 is 2.07 bits per heavy atom. The van der Waals surface area contributed by atoms with Crippen LogP contribution in [0.5, 0.6) is 5.75 Å². The van der Waals surface area contributed by atoms with Gasteiger partial charge in [-0.15, -0.1) is 22.9 Å². The van der Waals surface area contributed by atoms with Gasteiger partial charge in [0.25, 0.3) is 0 Å². The Bertz CT molecular complexity index is 438. The van der Waals surface area contributed by atoms with Crippen LogP contribution in [0, 0.1) is 0 Å². The molecule has 15 heavy (non-hydrogen) atoms. The molecule has 0 saturated carbocycles. The molecule has 1 heterocycles. The van der Waals surface area contributed by atoms with Gasteiger partial charge in [-0.2, -0.15) is 0 Å². The van der Waals surface area contributed by atoms with Gasteiger partial charge in [0.2, 0.25) is 0 Å². The van der Waals surface area contributed by atoms with Crippen molar-refractivity contribution in [1.29, 1.82) is 0 Å². The fourth-order valence-corrected chi connectivity index (χ4v) is 2.30. The van der Waals surface area contributed by atoms with Gasteiger partial charge in [0, 0.05) is 10.4 Å². The summed E-state index contributed by atoms with van der Waals surface area (Å²) in [6, 6.07) is 7.83. The van der Waals surface area contributed by atoms with Crippen LogP contribution >= 0.6 is 22.9 Å². The lowest BCUT2D eigenvalue weighted by molar-refractivity contribution is 0.415. The molecule has 4 heteroatoms. The van der Waals surface area contributed by atoms with Gasteiger partial charge in [-0.25, -0.2) is 4.98 Å². The predicted octanol–water partition coefficient (Wildman–Crippen LogP) is 3.56. The highest BCUT2D eigenvalue weighted by molar-refractivity contribution is 7.10. The lowest BCUT2D eigenvalue weighted by Gasteiger charge is -2.02. The third kappa shape index (κ3) is 2.13. The maximum absolute atomic E-state index is 5.83. The number of ether oxygens (including phenoxy) is 1. The fourth-order valence-electron chi connectivity index (χ4n) is 1.35. The quantitative estimate of drug-likeness (QED) is 0.765. The van der Waals surface area contributed by atoms with Gasteiger partial charge in [0.1, 0.15) is 5.75 Å². The van der Waals surface area contributed by atoms with Crippen molar-refractivity contribution in [1.82, 2.24) is 4.98 Å². The van der Waals surface area contributed by atoms with Crippen LogP contribution in [0.1, 0.15) is 4.88 Å². The molecule has 0 fully saturated rings. The van der Waals surface area contributed by atoms with E-state index in [2.05, 4.69) is 4.98 Å². The Kier molecular flexibility index (Phi) is 3.23. The first-order valence-electron chi connectivity index (χ1n) is 4.48. The highest BCUT2D eigenvalue weighted by Gasteiger charge is 2.07. The molecule has 2 rings (SSSR count). The van der Waals surface area contributed by atoms with Crippen molar-refractivity contribution in [2.75, 3.05) is 7.11 Å². The maximum Gasteiger partial charge on any atom is 0.118 e. The predicted molar refractivity (Wildman–Crippen MR) is 63.7 cm³/mol. The zero-order valence-corrected chi connectivity index (χ0v) is 9.81. The third-order valence-corrected chi connectivity index (χ3v) is 3.38. The standard InChI is InChI=1S/C11H10ClNOS/c1-14-9-4-2-8(3-5-9)11-10(6-12)15-7-13-11/h2-5,7H,6H2,1H3. The van der Waals surface area contributed by atoms with Crippen molar-refractivity contribution in [2.45, 2.75) is 5.88 Å². The van der Waals surface area contributed by atoms with Crippen LogP contribution in [0.2, 0.25) is 0 Å². The summed E-state index contributed by atoms with van der Waals surface area (Å²) in [5.74, 6) is 1.35. The van der Waals surface area contributed by atoms with Gasteiger partial charge in [-0.05, 0) is 24.3 Å². The van der Waals surface area contributed by atoms with Gasteiger partial charge in [0.05, 0.1) is 24.2 Å². The molecule has 2 nitrogen and oxygen atoms in total. The molecular formula is C11H10ClNOS. The average molecular weight is 240 g/mol. The number of hydrogen-bond acceptors (Lipinski definition) is 3. The second kappa shape index (κ2) is 4.64. The summed E-state index contributed by atoms with van der Waals surface area (Å²) < 4.78 is 5.10. The van der Waals surface area contributed by atoms with Crippen LogP contribution in [0.3, 0.4) is 0 Å². The Labute approximate surface area is 97.5 Å². The first-order valence-corrected chi connectivity index (χ1v) is 5.89. The molecule has 0 saturated heterocycles. The molecule has 0 amide bonds. The highest BCUT2D eigenvalue weighted by atomic mass is 35.5. The van der Waals surface area contributed by atoms with Crippen LogP contribution < -0.4 is 4.74 Å². The van der Waals surface area contributed by atoms with Crippen LogP contribution in [0.4, 0.5) is 0 Å². The third-order valence-electron chi connectivity index (χ3n) is 2.13. The van der Waals surface area contributed by atoms with Crippen LogP contribution in [0.25, 0.3) is 11.3 Å². The van der Waals surface area contributed by atoms with E-state index in [0.717, 1.165) is 21.9 Å². The molecule has 0 spiro atoms. The minimum atomic E-state index is 0.506. The van der Waals surface area contributed by atoms with Crippen LogP contribution in [-0.2, 0) is 5.88 Å². The monoisotopic (exact) mass is 239 g/mol. The average Bonchev–Trinajstić information content (AvgIpc) is 2.77. The number of rotatable bonds is 3. The Hall–Kier alpha value is -1.06. The number of aromatic nitrogens is 1. The first kappa shape index (κ1) is 10.5. The smallest absolute Gasteiger partial charge is 0.118 e. The van der Waals surface area contributed by atoms with E-state index in [-0.39, 0.29) is 0 Å². The van der Waals surface area contributed by atoms with Gasteiger partial charge in [-0.1, -0.05) is 0 Å². The van der Waals surface area contributed by atoms with E-state index in [4.69, 9.17) is 16.3 Å². The molecule has 2 aromatic rings. The summed E-state index contributed by atoms with van der Waals surface area (Å²) in [6.07, 6.45) is 0. The van der Waals surface area contributed by atoms with Crippen molar-refractivity contribution >= 4 is 22.9 Å². The molecule has 0 unspecified atom stereocenters. The largest absolute Gasteiger partial charge is 0.497 e. The number of methoxy groups -OCH3 is 1. The molecule has 0 aliphatic heterocycles. The molecule has 0 N–H and O–H groups in total. The Morgan fingerprint density at radius 3 is 2.67 bits per heavy atom.